The predicted octanol–water partition coefficient (Wildman–Crippen LogP) is 3.76. The molecular weight excluding hydrogens is 274 g/mol. The summed E-state index contributed by atoms with van der Waals surface area (Å²) in [5, 5.41) is 2.95. The molecule has 0 radical (unpaired) electrons. The number of benzene rings is 2. The van der Waals surface area contributed by atoms with Gasteiger partial charge in [-0.05, 0) is 56.5 Å². The minimum atomic E-state index is -0.0352. The van der Waals surface area contributed by atoms with Crippen molar-refractivity contribution < 1.29 is 9.53 Å². The highest BCUT2D eigenvalue weighted by molar-refractivity contribution is 5.94. The van der Waals surface area contributed by atoms with Gasteiger partial charge in [-0.2, -0.15) is 0 Å². The lowest BCUT2D eigenvalue weighted by molar-refractivity contribution is 0.0953. The highest BCUT2D eigenvalue weighted by atomic mass is 16.5. The van der Waals surface area contributed by atoms with Gasteiger partial charge < -0.3 is 10.1 Å². The molecule has 0 heterocycles. The quantitative estimate of drug-likeness (QED) is 0.790. The maximum Gasteiger partial charge on any atom is 0.251 e. The fourth-order valence-corrected chi connectivity index (χ4v) is 2.22. The molecule has 0 spiro atoms. The van der Waals surface area contributed by atoms with E-state index in [-0.39, 0.29) is 5.91 Å². The topological polar surface area (TPSA) is 38.3 Å². The maximum absolute atomic E-state index is 12.0. The Morgan fingerprint density at radius 3 is 2.36 bits per heavy atom. The van der Waals surface area contributed by atoms with Crippen molar-refractivity contribution in [2.75, 3.05) is 13.2 Å². The molecule has 0 bridgehead atoms. The number of hydrogen-bond acceptors (Lipinski definition) is 2. The Balaban J connectivity index is 1.74. The zero-order chi connectivity index (χ0) is 15.8. The molecule has 2 aromatic carbocycles. The van der Waals surface area contributed by atoms with Crippen molar-refractivity contribution in [1.29, 1.82) is 0 Å². The van der Waals surface area contributed by atoms with Crippen LogP contribution in [0.5, 0.6) is 5.75 Å². The Labute approximate surface area is 132 Å². The number of rotatable bonds is 7. The largest absolute Gasteiger partial charge is 0.494 e. The van der Waals surface area contributed by atoms with Gasteiger partial charge >= 0.3 is 0 Å². The first-order valence-electron chi connectivity index (χ1n) is 7.75. The van der Waals surface area contributed by atoms with E-state index in [1.165, 1.54) is 11.1 Å². The van der Waals surface area contributed by atoms with Gasteiger partial charge in [0.1, 0.15) is 5.75 Å². The Hall–Kier alpha value is -2.29. The minimum absolute atomic E-state index is 0.0352. The van der Waals surface area contributed by atoms with Gasteiger partial charge in [0.05, 0.1) is 6.61 Å². The predicted molar refractivity (Wildman–Crippen MR) is 89.4 cm³/mol. The van der Waals surface area contributed by atoms with E-state index in [4.69, 9.17) is 4.74 Å². The number of carbonyl (C=O) groups excluding carboxylic acids is 1. The van der Waals surface area contributed by atoms with Crippen molar-refractivity contribution in [3.8, 4) is 5.75 Å². The highest BCUT2D eigenvalue weighted by Crippen LogP contribution is 2.12. The Morgan fingerprint density at radius 1 is 1.05 bits per heavy atom. The van der Waals surface area contributed by atoms with Crippen LogP contribution >= 0.6 is 0 Å². The van der Waals surface area contributed by atoms with Crippen LogP contribution in [0.3, 0.4) is 0 Å². The molecule has 0 atom stereocenters. The summed E-state index contributed by atoms with van der Waals surface area (Å²) < 4.78 is 5.36. The van der Waals surface area contributed by atoms with Crippen molar-refractivity contribution in [3.63, 3.8) is 0 Å². The summed E-state index contributed by atoms with van der Waals surface area (Å²) in [6.07, 6.45) is 1.91. The third-order valence-corrected chi connectivity index (χ3v) is 3.48. The van der Waals surface area contributed by atoms with E-state index >= 15 is 0 Å². The number of aryl methyl sites for hydroxylation is 2. The fourth-order valence-electron chi connectivity index (χ4n) is 2.22. The first-order chi connectivity index (χ1) is 10.7. The summed E-state index contributed by atoms with van der Waals surface area (Å²) in [6.45, 7) is 5.33. The van der Waals surface area contributed by atoms with Gasteiger partial charge in [0, 0.05) is 12.1 Å². The molecule has 22 heavy (non-hydrogen) atoms. The SMILES string of the molecule is CCOc1ccc(C(=O)NCCCc2ccc(C)cc2)cc1. The van der Waals surface area contributed by atoms with Crippen molar-refractivity contribution in [2.24, 2.45) is 0 Å². The van der Waals surface area contributed by atoms with Crippen LogP contribution in [0.15, 0.2) is 48.5 Å². The van der Waals surface area contributed by atoms with E-state index in [9.17, 15) is 4.79 Å². The van der Waals surface area contributed by atoms with Crippen LogP contribution in [-0.2, 0) is 6.42 Å². The molecule has 0 aliphatic rings. The van der Waals surface area contributed by atoms with Crippen molar-refractivity contribution in [3.05, 3.63) is 65.2 Å². The number of amides is 1. The molecule has 116 valence electrons. The normalized spacial score (nSPS) is 10.3. The molecule has 1 N–H and O–H groups in total. The van der Waals surface area contributed by atoms with E-state index in [2.05, 4.69) is 36.5 Å². The molecule has 3 nitrogen and oxygen atoms in total. The second-order valence-electron chi connectivity index (χ2n) is 5.30. The Bertz CT molecular complexity index is 588. The lowest BCUT2D eigenvalue weighted by atomic mass is 10.1. The summed E-state index contributed by atoms with van der Waals surface area (Å²) in [4.78, 5) is 12.0. The third-order valence-electron chi connectivity index (χ3n) is 3.48. The molecule has 1 amide bonds. The summed E-state index contributed by atoms with van der Waals surface area (Å²) in [6, 6.07) is 15.8. The second-order valence-corrected chi connectivity index (χ2v) is 5.30. The molecular formula is C19H23NO2. The standard InChI is InChI=1S/C19H23NO2/c1-3-22-18-12-10-17(11-13-18)19(21)20-14-4-5-16-8-6-15(2)7-9-16/h6-13H,3-5,14H2,1-2H3,(H,20,21). The van der Waals surface area contributed by atoms with Crippen LogP contribution in [0, 0.1) is 6.92 Å². The van der Waals surface area contributed by atoms with E-state index in [0.29, 0.717) is 18.7 Å². The number of ether oxygens (including phenoxy) is 1. The van der Waals surface area contributed by atoms with Crippen LogP contribution in [0.25, 0.3) is 0 Å². The van der Waals surface area contributed by atoms with Gasteiger partial charge in [-0.15, -0.1) is 0 Å². The van der Waals surface area contributed by atoms with Crippen molar-refractivity contribution >= 4 is 5.91 Å². The van der Waals surface area contributed by atoms with E-state index in [0.717, 1.165) is 18.6 Å². The van der Waals surface area contributed by atoms with Crippen LogP contribution in [0.1, 0.15) is 34.8 Å². The summed E-state index contributed by atoms with van der Waals surface area (Å²) in [7, 11) is 0. The van der Waals surface area contributed by atoms with Gasteiger partial charge in [-0.3, -0.25) is 4.79 Å². The number of nitrogens with one attached hydrogen (secondary N) is 1. The molecule has 2 aromatic rings. The van der Waals surface area contributed by atoms with Crippen LogP contribution < -0.4 is 10.1 Å². The Morgan fingerprint density at radius 2 is 1.73 bits per heavy atom. The van der Waals surface area contributed by atoms with E-state index in [1.807, 2.05) is 19.1 Å². The van der Waals surface area contributed by atoms with Crippen molar-refractivity contribution in [2.45, 2.75) is 26.7 Å². The first kappa shape index (κ1) is 16.1. The average molecular weight is 297 g/mol. The fraction of sp³-hybridized carbons (Fsp3) is 0.316. The monoisotopic (exact) mass is 297 g/mol. The molecule has 0 unspecified atom stereocenters. The molecule has 0 saturated carbocycles. The molecule has 0 aromatic heterocycles. The second kappa shape index (κ2) is 8.23. The molecule has 0 aliphatic carbocycles. The van der Waals surface area contributed by atoms with E-state index in [1.54, 1.807) is 12.1 Å². The lowest BCUT2D eigenvalue weighted by Crippen LogP contribution is -2.24. The summed E-state index contributed by atoms with van der Waals surface area (Å²) in [5.41, 5.74) is 3.24. The van der Waals surface area contributed by atoms with E-state index < -0.39 is 0 Å². The molecule has 0 saturated heterocycles. The zero-order valence-corrected chi connectivity index (χ0v) is 13.3. The van der Waals surface area contributed by atoms with Gasteiger partial charge in [0.15, 0.2) is 0 Å². The number of hydrogen-bond donors (Lipinski definition) is 1. The number of carbonyl (C=O) groups is 1. The average Bonchev–Trinajstić information content (AvgIpc) is 2.54. The molecule has 3 heteroatoms. The van der Waals surface area contributed by atoms with Gasteiger partial charge in [0.25, 0.3) is 5.91 Å². The minimum Gasteiger partial charge on any atom is -0.494 e. The summed E-state index contributed by atoms with van der Waals surface area (Å²) >= 11 is 0. The van der Waals surface area contributed by atoms with Gasteiger partial charge in [-0.1, -0.05) is 29.8 Å². The molecule has 0 fully saturated rings. The summed E-state index contributed by atoms with van der Waals surface area (Å²) in [5.74, 6) is 0.755. The maximum atomic E-state index is 12.0. The highest BCUT2D eigenvalue weighted by Gasteiger charge is 2.04. The zero-order valence-electron chi connectivity index (χ0n) is 13.3. The lowest BCUT2D eigenvalue weighted by Gasteiger charge is -2.07. The van der Waals surface area contributed by atoms with Crippen molar-refractivity contribution in [1.82, 2.24) is 5.32 Å². The van der Waals surface area contributed by atoms with Gasteiger partial charge in [-0.25, -0.2) is 0 Å². The van der Waals surface area contributed by atoms with Crippen LogP contribution in [0.4, 0.5) is 0 Å². The van der Waals surface area contributed by atoms with Crippen LogP contribution in [-0.4, -0.2) is 19.1 Å². The molecule has 0 aliphatic heterocycles. The Kier molecular flexibility index (Phi) is 6.01. The third kappa shape index (κ3) is 4.92. The smallest absolute Gasteiger partial charge is 0.251 e. The molecule has 2 rings (SSSR count). The van der Waals surface area contributed by atoms with Crippen LogP contribution in [0.2, 0.25) is 0 Å². The van der Waals surface area contributed by atoms with Gasteiger partial charge in [0.2, 0.25) is 0 Å². The first-order valence-corrected chi connectivity index (χ1v) is 7.75.